The molecule has 0 saturated heterocycles. The Bertz CT molecular complexity index is 1310. The van der Waals surface area contributed by atoms with Crippen LogP contribution < -0.4 is 15.4 Å². The van der Waals surface area contributed by atoms with E-state index >= 15 is 0 Å². The van der Waals surface area contributed by atoms with Gasteiger partial charge in [0.05, 0.1) is 25.1 Å². The van der Waals surface area contributed by atoms with Crippen molar-refractivity contribution in [1.82, 2.24) is 24.9 Å². The number of rotatable bonds is 6. The molecule has 4 heterocycles. The molecule has 0 aliphatic carbocycles. The van der Waals surface area contributed by atoms with Crippen molar-refractivity contribution in [2.45, 2.75) is 26.8 Å². The van der Waals surface area contributed by atoms with Crippen LogP contribution in [0, 0.1) is 6.92 Å². The highest BCUT2D eigenvalue weighted by molar-refractivity contribution is 7.22. The van der Waals surface area contributed by atoms with Crippen LogP contribution in [0.4, 0.5) is 11.1 Å². The Morgan fingerprint density at radius 1 is 1.09 bits per heavy atom. The molecular weight excluding hydrogens is 450 g/mol. The summed E-state index contributed by atoms with van der Waals surface area (Å²) in [6.45, 7) is 5.85. The molecule has 0 spiro atoms. The van der Waals surface area contributed by atoms with Crippen LogP contribution in [0.5, 0.6) is 5.75 Å². The van der Waals surface area contributed by atoms with Gasteiger partial charge in [0, 0.05) is 29.1 Å². The summed E-state index contributed by atoms with van der Waals surface area (Å²) in [6.07, 6.45) is 4.66. The summed E-state index contributed by atoms with van der Waals surface area (Å²) < 4.78 is 5.42. The first-order valence-electron chi connectivity index (χ1n) is 9.72. The maximum Gasteiger partial charge on any atom is 0.259 e. The first-order valence-corrected chi connectivity index (χ1v) is 10.9. The number of methoxy groups -OCH3 is 1. The van der Waals surface area contributed by atoms with Gasteiger partial charge in [-0.15, -0.1) is 0 Å². The van der Waals surface area contributed by atoms with Gasteiger partial charge >= 0.3 is 0 Å². The highest BCUT2D eigenvalue weighted by Crippen LogP contribution is 2.34. The number of carbonyl (C=O) groups is 1. The minimum Gasteiger partial charge on any atom is -0.494 e. The summed E-state index contributed by atoms with van der Waals surface area (Å²) in [5, 5.41) is 6.69. The molecule has 4 rings (SSSR count). The molecule has 0 saturated carbocycles. The summed E-state index contributed by atoms with van der Waals surface area (Å²) >= 11 is 7.37. The summed E-state index contributed by atoms with van der Waals surface area (Å²) in [4.78, 5) is 35.3. The van der Waals surface area contributed by atoms with E-state index in [1.165, 1.54) is 30.8 Å². The van der Waals surface area contributed by atoms with Gasteiger partial charge in [0.25, 0.3) is 5.91 Å². The predicted octanol–water partition coefficient (Wildman–Crippen LogP) is 4.59. The Balaban J connectivity index is 1.68. The number of amides is 1. The summed E-state index contributed by atoms with van der Waals surface area (Å²) in [5.41, 5.74) is 2.96. The lowest BCUT2D eigenvalue weighted by Crippen LogP contribution is -2.14. The molecule has 2 N–H and O–H groups in total. The summed E-state index contributed by atoms with van der Waals surface area (Å²) in [6, 6.07) is 3.66. The monoisotopic (exact) mass is 469 g/mol. The Morgan fingerprint density at radius 2 is 1.91 bits per heavy atom. The molecule has 11 heteroatoms. The lowest BCUT2D eigenvalue weighted by Gasteiger charge is -2.13. The maximum atomic E-state index is 13.2. The van der Waals surface area contributed by atoms with Crippen LogP contribution in [-0.4, -0.2) is 44.0 Å². The lowest BCUT2D eigenvalue weighted by molar-refractivity contribution is 0.102. The molecule has 0 radical (unpaired) electrons. The fourth-order valence-corrected chi connectivity index (χ4v) is 4.00. The predicted molar refractivity (Wildman–Crippen MR) is 126 cm³/mol. The number of pyridine rings is 2. The molecule has 164 valence electrons. The van der Waals surface area contributed by atoms with Crippen molar-refractivity contribution in [3.63, 3.8) is 0 Å². The average molecular weight is 470 g/mol. The Hall–Kier alpha value is -3.37. The zero-order chi connectivity index (χ0) is 22.8. The van der Waals surface area contributed by atoms with E-state index in [1.54, 1.807) is 18.3 Å². The highest BCUT2D eigenvalue weighted by Gasteiger charge is 2.19. The van der Waals surface area contributed by atoms with E-state index in [2.05, 4.69) is 35.6 Å². The van der Waals surface area contributed by atoms with E-state index < -0.39 is 0 Å². The molecule has 0 fully saturated rings. The van der Waals surface area contributed by atoms with E-state index in [0.717, 1.165) is 5.69 Å². The third-order valence-electron chi connectivity index (χ3n) is 4.42. The first kappa shape index (κ1) is 21.8. The van der Waals surface area contributed by atoms with Gasteiger partial charge in [-0.1, -0.05) is 22.9 Å². The van der Waals surface area contributed by atoms with Crippen molar-refractivity contribution in [1.29, 1.82) is 0 Å². The molecule has 1 amide bonds. The van der Waals surface area contributed by atoms with Crippen molar-refractivity contribution in [2.75, 3.05) is 17.7 Å². The van der Waals surface area contributed by atoms with Crippen molar-refractivity contribution < 1.29 is 9.53 Å². The molecule has 0 aliphatic rings. The van der Waals surface area contributed by atoms with Crippen molar-refractivity contribution in [3.05, 3.63) is 47.1 Å². The molecule has 4 aromatic rings. The molecule has 0 unspecified atom stereocenters. The smallest absolute Gasteiger partial charge is 0.259 e. The van der Waals surface area contributed by atoms with Gasteiger partial charge in [0.1, 0.15) is 16.4 Å². The number of nitrogens with one attached hydrogen (secondary N) is 2. The van der Waals surface area contributed by atoms with Crippen LogP contribution in [0.1, 0.15) is 29.9 Å². The second kappa shape index (κ2) is 9.01. The summed E-state index contributed by atoms with van der Waals surface area (Å²) in [7, 11) is 1.53. The molecule has 9 nitrogen and oxygen atoms in total. The van der Waals surface area contributed by atoms with Crippen LogP contribution in [0.3, 0.4) is 0 Å². The molecule has 0 aliphatic heterocycles. The Labute approximate surface area is 193 Å². The molecule has 0 bridgehead atoms. The number of thiazole rings is 1. The number of hydrogen-bond acceptors (Lipinski definition) is 9. The largest absolute Gasteiger partial charge is 0.494 e. The second-order valence-electron chi connectivity index (χ2n) is 7.23. The van der Waals surface area contributed by atoms with E-state index in [4.69, 9.17) is 16.3 Å². The van der Waals surface area contributed by atoms with E-state index in [9.17, 15) is 4.79 Å². The fourth-order valence-electron chi connectivity index (χ4n) is 3.04. The standard InChI is InChI=1S/C21H20ClN7O2S/c1-10(2)26-20-25-8-15-19(29-20)32-21(27-15)28-18(30)14-7-23-11(3)5-12(14)13-6-17(22)24-9-16(13)31-4/h5-10H,1-4H3,(H,25,26,29)(H,27,28,30). The Kier molecular flexibility index (Phi) is 6.15. The van der Waals surface area contributed by atoms with Crippen molar-refractivity contribution >= 4 is 50.3 Å². The fraction of sp³-hybridized carbons (Fsp3) is 0.238. The van der Waals surface area contributed by atoms with Crippen LogP contribution in [-0.2, 0) is 0 Å². The number of anilines is 2. The zero-order valence-electron chi connectivity index (χ0n) is 17.8. The van der Waals surface area contributed by atoms with Crippen molar-refractivity contribution in [3.8, 4) is 16.9 Å². The van der Waals surface area contributed by atoms with E-state index in [-0.39, 0.29) is 17.1 Å². The Morgan fingerprint density at radius 3 is 2.66 bits per heavy atom. The minimum atomic E-state index is -0.366. The molecule has 0 atom stereocenters. The van der Waals surface area contributed by atoms with Gasteiger partial charge in [-0.2, -0.15) is 0 Å². The number of fused-ring (bicyclic) bond motifs is 1. The molecule has 4 aromatic heterocycles. The quantitative estimate of drug-likeness (QED) is 0.394. The average Bonchev–Trinajstić information content (AvgIpc) is 3.14. The number of aromatic nitrogens is 5. The normalized spacial score (nSPS) is 11.1. The second-order valence-corrected chi connectivity index (χ2v) is 8.60. The lowest BCUT2D eigenvalue weighted by atomic mass is 10.0. The van der Waals surface area contributed by atoms with Crippen molar-refractivity contribution in [2.24, 2.45) is 0 Å². The maximum absolute atomic E-state index is 13.2. The third kappa shape index (κ3) is 4.61. The third-order valence-corrected chi connectivity index (χ3v) is 5.51. The van der Waals surface area contributed by atoms with Gasteiger partial charge in [-0.25, -0.2) is 19.9 Å². The van der Waals surface area contributed by atoms with Crippen LogP contribution in [0.2, 0.25) is 5.15 Å². The van der Waals surface area contributed by atoms with Gasteiger partial charge in [0.2, 0.25) is 5.95 Å². The van der Waals surface area contributed by atoms with Gasteiger partial charge < -0.3 is 10.1 Å². The summed E-state index contributed by atoms with van der Waals surface area (Å²) in [5.74, 6) is 0.644. The molecule has 0 aromatic carbocycles. The van der Waals surface area contributed by atoms with Gasteiger partial charge in [-0.3, -0.25) is 15.1 Å². The SMILES string of the molecule is COc1cnc(Cl)cc1-c1cc(C)ncc1C(=O)Nc1nc2cnc(NC(C)C)nc2s1. The minimum absolute atomic E-state index is 0.200. The highest BCUT2D eigenvalue weighted by atomic mass is 35.5. The number of halogens is 1. The van der Waals surface area contributed by atoms with E-state index in [0.29, 0.717) is 43.9 Å². The first-order chi connectivity index (χ1) is 15.3. The van der Waals surface area contributed by atoms with Crippen LogP contribution in [0.15, 0.2) is 30.7 Å². The zero-order valence-corrected chi connectivity index (χ0v) is 19.4. The van der Waals surface area contributed by atoms with Crippen LogP contribution in [0.25, 0.3) is 21.5 Å². The van der Waals surface area contributed by atoms with Gasteiger partial charge in [-0.05, 0) is 32.9 Å². The number of nitrogens with zero attached hydrogens (tertiary/aromatic N) is 5. The number of ether oxygens (including phenoxy) is 1. The van der Waals surface area contributed by atoms with E-state index in [1.807, 2.05) is 20.8 Å². The molecule has 32 heavy (non-hydrogen) atoms. The van der Waals surface area contributed by atoms with Gasteiger partial charge in [0.15, 0.2) is 9.96 Å². The molecular formula is C21H20ClN7O2S. The topological polar surface area (TPSA) is 115 Å². The number of carbonyl (C=O) groups excluding carboxylic acids is 1. The van der Waals surface area contributed by atoms with Crippen LogP contribution >= 0.6 is 22.9 Å². The number of hydrogen-bond donors (Lipinski definition) is 2. The number of aryl methyl sites for hydroxylation is 1.